The van der Waals surface area contributed by atoms with Gasteiger partial charge in [0, 0.05) is 12.1 Å². The second-order valence-electron chi connectivity index (χ2n) is 4.05. The van der Waals surface area contributed by atoms with Gasteiger partial charge in [-0.2, -0.15) is 0 Å². The van der Waals surface area contributed by atoms with Gasteiger partial charge in [-0.3, -0.25) is 4.79 Å². The monoisotopic (exact) mass is 220 g/mol. The highest BCUT2D eigenvalue weighted by Gasteiger charge is 2.11. The van der Waals surface area contributed by atoms with E-state index in [1.165, 1.54) is 5.69 Å². The molecule has 0 saturated carbocycles. The zero-order valence-electron chi connectivity index (χ0n) is 9.20. The number of aliphatic carboxylic acids is 1. The Balaban J connectivity index is 2.06. The fourth-order valence-corrected chi connectivity index (χ4v) is 1.95. The third-order valence-electron chi connectivity index (χ3n) is 2.76. The van der Waals surface area contributed by atoms with Crippen molar-refractivity contribution in [1.82, 2.24) is 9.97 Å². The van der Waals surface area contributed by atoms with E-state index in [-0.39, 0.29) is 6.42 Å². The molecule has 0 spiro atoms. The summed E-state index contributed by atoms with van der Waals surface area (Å²) in [6, 6.07) is 0. The molecule has 4 heteroatoms. The molecule has 0 amide bonds. The predicted molar refractivity (Wildman–Crippen MR) is 60.3 cm³/mol. The number of aryl methyl sites for hydroxylation is 3. The summed E-state index contributed by atoms with van der Waals surface area (Å²) in [7, 11) is 0. The lowest BCUT2D eigenvalue weighted by Gasteiger charge is -2.02. The van der Waals surface area contributed by atoms with E-state index in [4.69, 9.17) is 5.11 Å². The van der Waals surface area contributed by atoms with Crippen LogP contribution in [0.2, 0.25) is 0 Å². The zero-order valence-corrected chi connectivity index (χ0v) is 9.20. The molecule has 0 unspecified atom stereocenters. The molecule has 0 bridgehead atoms. The molecule has 2 N–H and O–H groups in total. The maximum absolute atomic E-state index is 10.5. The number of carboxylic acid groups (broad SMARTS) is 1. The summed E-state index contributed by atoms with van der Waals surface area (Å²) in [5.74, 6) is 0.0415. The average molecular weight is 220 g/mol. The average Bonchev–Trinajstić information content (AvgIpc) is 2.57. The SMILES string of the molecule is O=C(O)CCc1nc2c([nH]1)CC/C=C/CC2. The number of imidazole rings is 1. The Kier molecular flexibility index (Phi) is 3.39. The minimum atomic E-state index is -0.773. The summed E-state index contributed by atoms with van der Waals surface area (Å²) < 4.78 is 0. The Hall–Kier alpha value is -1.58. The van der Waals surface area contributed by atoms with Crippen LogP contribution < -0.4 is 0 Å². The summed E-state index contributed by atoms with van der Waals surface area (Å²) in [5.41, 5.74) is 2.30. The van der Waals surface area contributed by atoms with Crippen molar-refractivity contribution >= 4 is 5.97 Å². The number of hydrogen-bond acceptors (Lipinski definition) is 2. The van der Waals surface area contributed by atoms with Gasteiger partial charge >= 0.3 is 5.97 Å². The summed E-state index contributed by atoms with van der Waals surface area (Å²) in [6.07, 6.45) is 9.01. The molecule has 1 heterocycles. The van der Waals surface area contributed by atoms with Crippen molar-refractivity contribution in [3.8, 4) is 0 Å². The highest BCUT2D eigenvalue weighted by molar-refractivity contribution is 5.66. The van der Waals surface area contributed by atoms with Crippen molar-refractivity contribution in [2.75, 3.05) is 0 Å². The number of rotatable bonds is 3. The number of carbonyl (C=O) groups is 1. The van der Waals surface area contributed by atoms with E-state index in [1.807, 2.05) is 0 Å². The third-order valence-corrected chi connectivity index (χ3v) is 2.76. The minimum absolute atomic E-state index is 0.143. The molecular weight excluding hydrogens is 204 g/mol. The van der Waals surface area contributed by atoms with Crippen molar-refractivity contribution in [3.63, 3.8) is 0 Å². The number of fused-ring (bicyclic) bond motifs is 1. The largest absolute Gasteiger partial charge is 0.481 e. The fraction of sp³-hybridized carbons (Fsp3) is 0.500. The molecule has 4 nitrogen and oxygen atoms in total. The van der Waals surface area contributed by atoms with Gasteiger partial charge in [0.2, 0.25) is 0 Å². The molecule has 86 valence electrons. The lowest BCUT2D eigenvalue weighted by Crippen LogP contribution is -1.98. The molecule has 1 aliphatic carbocycles. The van der Waals surface area contributed by atoms with E-state index in [0.717, 1.165) is 37.2 Å². The molecule has 0 radical (unpaired) electrons. The maximum Gasteiger partial charge on any atom is 0.303 e. The maximum atomic E-state index is 10.5. The Labute approximate surface area is 94.4 Å². The van der Waals surface area contributed by atoms with Gasteiger partial charge in [0.15, 0.2) is 0 Å². The highest BCUT2D eigenvalue weighted by atomic mass is 16.4. The van der Waals surface area contributed by atoms with Gasteiger partial charge in [0.1, 0.15) is 5.82 Å². The van der Waals surface area contributed by atoms with Gasteiger partial charge in [0.25, 0.3) is 0 Å². The summed E-state index contributed by atoms with van der Waals surface area (Å²) >= 11 is 0. The van der Waals surface area contributed by atoms with E-state index in [0.29, 0.717) is 6.42 Å². The zero-order chi connectivity index (χ0) is 11.4. The van der Waals surface area contributed by atoms with Crippen LogP contribution >= 0.6 is 0 Å². The first-order valence-electron chi connectivity index (χ1n) is 5.69. The van der Waals surface area contributed by atoms with E-state index in [2.05, 4.69) is 22.1 Å². The van der Waals surface area contributed by atoms with Crippen LogP contribution in [0.1, 0.15) is 36.5 Å². The van der Waals surface area contributed by atoms with Gasteiger partial charge in [-0.25, -0.2) is 4.98 Å². The van der Waals surface area contributed by atoms with Crippen LogP contribution in [0.5, 0.6) is 0 Å². The lowest BCUT2D eigenvalue weighted by molar-refractivity contribution is -0.137. The van der Waals surface area contributed by atoms with Crippen LogP contribution in [0.4, 0.5) is 0 Å². The molecule has 0 saturated heterocycles. The molecule has 0 fully saturated rings. The van der Waals surface area contributed by atoms with Gasteiger partial charge in [-0.15, -0.1) is 0 Å². The van der Waals surface area contributed by atoms with Crippen LogP contribution in [-0.4, -0.2) is 21.0 Å². The van der Waals surface area contributed by atoms with Crippen molar-refractivity contribution in [1.29, 1.82) is 0 Å². The Morgan fingerprint density at radius 3 is 2.88 bits per heavy atom. The van der Waals surface area contributed by atoms with Crippen LogP contribution in [0.25, 0.3) is 0 Å². The summed E-state index contributed by atoms with van der Waals surface area (Å²) in [6.45, 7) is 0. The first-order valence-corrected chi connectivity index (χ1v) is 5.69. The number of H-pyrrole nitrogens is 1. The molecule has 0 atom stereocenters. The van der Waals surface area contributed by atoms with E-state index in [1.54, 1.807) is 0 Å². The van der Waals surface area contributed by atoms with Gasteiger partial charge < -0.3 is 10.1 Å². The van der Waals surface area contributed by atoms with Crippen molar-refractivity contribution in [2.24, 2.45) is 0 Å². The highest BCUT2D eigenvalue weighted by Crippen LogP contribution is 2.15. The van der Waals surface area contributed by atoms with E-state index in [9.17, 15) is 4.79 Å². The molecular formula is C12H16N2O2. The standard InChI is InChI=1S/C12H16N2O2/c15-12(16)8-7-11-13-9-5-3-1-2-4-6-10(9)14-11/h1-2H,3-8H2,(H,13,14)(H,15,16)/b2-1+. The molecule has 2 rings (SSSR count). The van der Waals surface area contributed by atoms with E-state index >= 15 is 0 Å². The second kappa shape index (κ2) is 4.96. The second-order valence-corrected chi connectivity index (χ2v) is 4.05. The van der Waals surface area contributed by atoms with Crippen LogP contribution in [0.3, 0.4) is 0 Å². The number of allylic oxidation sites excluding steroid dienone is 2. The first kappa shape index (κ1) is 10.9. The predicted octanol–water partition coefficient (Wildman–Crippen LogP) is 1.86. The van der Waals surface area contributed by atoms with Gasteiger partial charge in [0.05, 0.1) is 12.1 Å². The molecule has 0 aliphatic heterocycles. The molecule has 1 aliphatic rings. The number of carboxylic acids is 1. The normalized spacial score (nSPS) is 17.2. The number of aromatic nitrogens is 2. The molecule has 0 aromatic carbocycles. The molecule has 1 aromatic rings. The van der Waals surface area contributed by atoms with Crippen LogP contribution in [0, 0.1) is 0 Å². The quantitative estimate of drug-likeness (QED) is 0.764. The summed E-state index contributed by atoms with van der Waals surface area (Å²) in [5, 5.41) is 8.62. The van der Waals surface area contributed by atoms with Crippen molar-refractivity contribution in [3.05, 3.63) is 29.4 Å². The number of nitrogens with zero attached hydrogens (tertiary/aromatic N) is 1. The topological polar surface area (TPSA) is 66.0 Å². The number of hydrogen-bond donors (Lipinski definition) is 2. The summed E-state index contributed by atoms with van der Waals surface area (Å²) in [4.78, 5) is 18.2. The van der Waals surface area contributed by atoms with Crippen LogP contribution in [-0.2, 0) is 24.1 Å². The van der Waals surface area contributed by atoms with Crippen molar-refractivity contribution in [2.45, 2.75) is 38.5 Å². The van der Waals surface area contributed by atoms with Crippen LogP contribution in [0.15, 0.2) is 12.2 Å². The first-order chi connectivity index (χ1) is 7.75. The minimum Gasteiger partial charge on any atom is -0.481 e. The van der Waals surface area contributed by atoms with E-state index < -0.39 is 5.97 Å². The Morgan fingerprint density at radius 1 is 1.38 bits per heavy atom. The molecule has 16 heavy (non-hydrogen) atoms. The number of aromatic amines is 1. The fourth-order valence-electron chi connectivity index (χ4n) is 1.95. The Morgan fingerprint density at radius 2 is 2.12 bits per heavy atom. The smallest absolute Gasteiger partial charge is 0.303 e. The molecule has 1 aromatic heterocycles. The Bertz CT molecular complexity index is 380. The number of nitrogens with one attached hydrogen (secondary N) is 1. The lowest BCUT2D eigenvalue weighted by atomic mass is 10.1. The third kappa shape index (κ3) is 2.72. The van der Waals surface area contributed by atoms with Gasteiger partial charge in [-0.05, 0) is 25.7 Å². The van der Waals surface area contributed by atoms with Gasteiger partial charge in [-0.1, -0.05) is 12.2 Å². The van der Waals surface area contributed by atoms with Crippen molar-refractivity contribution < 1.29 is 9.90 Å².